The molecule has 1 aliphatic rings. The standard InChI is InChI=1S/C19H31N5O2/c1-3-4-13-26-18-21-14-16-17(23-18)24(19(22-16)25-2)12-6-5-7-15-8-10-20-11-9-15/h14-15,20H,3-13H2,1-2H3. The number of imidazole rings is 1. The predicted molar refractivity (Wildman–Crippen MR) is 102 cm³/mol. The van der Waals surface area contributed by atoms with Crippen molar-refractivity contribution in [1.82, 2.24) is 24.8 Å². The molecule has 0 unspecified atom stereocenters. The summed E-state index contributed by atoms with van der Waals surface area (Å²) in [5, 5.41) is 3.43. The molecule has 144 valence electrons. The third kappa shape index (κ3) is 4.84. The van der Waals surface area contributed by atoms with Gasteiger partial charge in [-0.1, -0.05) is 26.2 Å². The Hall–Kier alpha value is -1.89. The maximum absolute atomic E-state index is 5.65. The van der Waals surface area contributed by atoms with Crippen LogP contribution in [-0.4, -0.2) is 46.3 Å². The predicted octanol–water partition coefficient (Wildman–Crippen LogP) is 3.18. The Bertz CT molecular complexity index is 682. The first-order chi connectivity index (χ1) is 12.8. The second-order valence-corrected chi connectivity index (χ2v) is 7.00. The van der Waals surface area contributed by atoms with Gasteiger partial charge in [0.25, 0.3) is 6.01 Å². The van der Waals surface area contributed by atoms with Crippen LogP contribution in [0, 0.1) is 5.92 Å². The quantitative estimate of drug-likeness (QED) is 0.655. The van der Waals surface area contributed by atoms with Crippen LogP contribution in [0.2, 0.25) is 0 Å². The minimum absolute atomic E-state index is 0.421. The molecule has 1 N–H and O–H groups in total. The number of piperidine rings is 1. The van der Waals surface area contributed by atoms with Crippen molar-refractivity contribution in [3.8, 4) is 12.0 Å². The van der Waals surface area contributed by atoms with E-state index in [0.29, 0.717) is 18.6 Å². The van der Waals surface area contributed by atoms with Gasteiger partial charge in [-0.25, -0.2) is 4.98 Å². The number of ether oxygens (including phenoxy) is 2. The van der Waals surface area contributed by atoms with Crippen molar-refractivity contribution in [3.05, 3.63) is 6.20 Å². The second kappa shape index (κ2) is 9.71. The molecule has 0 spiro atoms. The van der Waals surface area contributed by atoms with E-state index >= 15 is 0 Å². The first-order valence-electron chi connectivity index (χ1n) is 9.92. The smallest absolute Gasteiger partial charge is 0.318 e. The molecule has 0 amide bonds. The van der Waals surface area contributed by atoms with Crippen LogP contribution < -0.4 is 14.8 Å². The Morgan fingerprint density at radius 3 is 2.81 bits per heavy atom. The lowest BCUT2D eigenvalue weighted by Crippen LogP contribution is -2.27. The van der Waals surface area contributed by atoms with Crippen LogP contribution in [0.25, 0.3) is 11.2 Å². The zero-order chi connectivity index (χ0) is 18.2. The number of methoxy groups -OCH3 is 1. The highest BCUT2D eigenvalue weighted by atomic mass is 16.5. The van der Waals surface area contributed by atoms with Crippen molar-refractivity contribution >= 4 is 11.2 Å². The van der Waals surface area contributed by atoms with Gasteiger partial charge >= 0.3 is 6.01 Å². The minimum Gasteiger partial charge on any atom is -0.468 e. The molecule has 7 nitrogen and oxygen atoms in total. The fraction of sp³-hybridized carbons (Fsp3) is 0.737. The second-order valence-electron chi connectivity index (χ2n) is 7.00. The van der Waals surface area contributed by atoms with Crippen molar-refractivity contribution < 1.29 is 9.47 Å². The summed E-state index contributed by atoms with van der Waals surface area (Å²) in [4.78, 5) is 13.3. The number of nitrogens with one attached hydrogen (secondary N) is 1. The molecule has 0 aromatic carbocycles. The number of aromatic nitrogens is 4. The van der Waals surface area contributed by atoms with E-state index in [2.05, 4.69) is 27.2 Å². The van der Waals surface area contributed by atoms with Gasteiger partial charge in [0.2, 0.25) is 0 Å². The van der Waals surface area contributed by atoms with Gasteiger partial charge in [-0.3, -0.25) is 4.57 Å². The maximum Gasteiger partial charge on any atom is 0.318 e. The minimum atomic E-state index is 0.421. The van der Waals surface area contributed by atoms with Gasteiger partial charge in [-0.05, 0) is 44.7 Å². The third-order valence-electron chi connectivity index (χ3n) is 5.05. The molecule has 3 heterocycles. The summed E-state index contributed by atoms with van der Waals surface area (Å²) in [6, 6.07) is 1.02. The zero-order valence-electron chi connectivity index (χ0n) is 16.0. The largest absolute Gasteiger partial charge is 0.468 e. The fourth-order valence-corrected chi connectivity index (χ4v) is 3.49. The number of unbranched alkanes of at least 4 members (excludes halogenated alkanes) is 2. The lowest BCUT2D eigenvalue weighted by molar-refractivity contribution is 0.286. The summed E-state index contributed by atoms with van der Waals surface area (Å²) in [6.07, 6.45) is 10.0. The van der Waals surface area contributed by atoms with Crippen molar-refractivity contribution in [2.24, 2.45) is 5.92 Å². The van der Waals surface area contributed by atoms with E-state index in [4.69, 9.17) is 9.47 Å². The number of hydrogen-bond donors (Lipinski definition) is 1. The summed E-state index contributed by atoms with van der Waals surface area (Å²) in [5.41, 5.74) is 1.55. The molecule has 0 atom stereocenters. The Balaban J connectivity index is 1.61. The van der Waals surface area contributed by atoms with E-state index in [-0.39, 0.29) is 0 Å². The van der Waals surface area contributed by atoms with Crippen molar-refractivity contribution in [3.63, 3.8) is 0 Å². The molecule has 0 radical (unpaired) electrons. The van der Waals surface area contributed by atoms with E-state index in [9.17, 15) is 0 Å². The van der Waals surface area contributed by atoms with Crippen LogP contribution in [0.5, 0.6) is 12.0 Å². The van der Waals surface area contributed by atoms with Gasteiger partial charge in [0, 0.05) is 6.54 Å². The van der Waals surface area contributed by atoms with Gasteiger partial charge in [0.15, 0.2) is 5.65 Å². The van der Waals surface area contributed by atoms with Gasteiger partial charge in [0.1, 0.15) is 5.52 Å². The normalized spacial score (nSPS) is 15.5. The van der Waals surface area contributed by atoms with Crippen LogP contribution in [0.1, 0.15) is 51.9 Å². The summed E-state index contributed by atoms with van der Waals surface area (Å²) >= 11 is 0. The van der Waals surface area contributed by atoms with Gasteiger partial charge in [-0.2, -0.15) is 9.97 Å². The van der Waals surface area contributed by atoms with Crippen molar-refractivity contribution in [1.29, 1.82) is 0 Å². The number of rotatable bonds is 10. The summed E-state index contributed by atoms with van der Waals surface area (Å²) in [6.45, 7) is 5.97. The molecule has 0 bridgehead atoms. The monoisotopic (exact) mass is 361 g/mol. The topological polar surface area (TPSA) is 74.1 Å². The lowest BCUT2D eigenvalue weighted by atomic mass is 9.92. The van der Waals surface area contributed by atoms with Crippen LogP contribution in [0.15, 0.2) is 6.20 Å². The van der Waals surface area contributed by atoms with Crippen LogP contribution in [0.3, 0.4) is 0 Å². The Labute approximate surface area is 155 Å². The van der Waals surface area contributed by atoms with E-state index < -0.39 is 0 Å². The molecule has 3 rings (SSSR count). The highest BCUT2D eigenvalue weighted by Gasteiger charge is 2.16. The van der Waals surface area contributed by atoms with Crippen molar-refractivity contribution in [2.45, 2.75) is 58.4 Å². The van der Waals surface area contributed by atoms with Crippen LogP contribution >= 0.6 is 0 Å². The fourth-order valence-electron chi connectivity index (χ4n) is 3.49. The van der Waals surface area contributed by atoms with Crippen LogP contribution in [-0.2, 0) is 6.54 Å². The average Bonchev–Trinajstić information content (AvgIpc) is 3.03. The molecular weight excluding hydrogens is 330 g/mol. The van der Waals surface area contributed by atoms with E-state index in [0.717, 1.165) is 42.9 Å². The molecule has 2 aromatic heterocycles. The number of hydrogen-bond acceptors (Lipinski definition) is 6. The number of aryl methyl sites for hydroxylation is 1. The summed E-state index contributed by atoms with van der Waals surface area (Å²) < 4.78 is 13.1. The molecule has 7 heteroatoms. The van der Waals surface area contributed by atoms with E-state index in [1.54, 1.807) is 13.3 Å². The number of fused-ring (bicyclic) bond motifs is 1. The maximum atomic E-state index is 5.65. The molecular formula is C19H31N5O2. The highest BCUT2D eigenvalue weighted by molar-refractivity contribution is 5.71. The molecule has 1 saturated heterocycles. The van der Waals surface area contributed by atoms with Crippen molar-refractivity contribution in [2.75, 3.05) is 26.8 Å². The van der Waals surface area contributed by atoms with Crippen LogP contribution in [0.4, 0.5) is 0 Å². The average molecular weight is 361 g/mol. The van der Waals surface area contributed by atoms with Gasteiger partial charge in [0.05, 0.1) is 19.9 Å². The number of nitrogens with zero attached hydrogens (tertiary/aromatic N) is 4. The molecule has 1 fully saturated rings. The summed E-state index contributed by atoms with van der Waals surface area (Å²) in [5.74, 6) is 0.874. The highest BCUT2D eigenvalue weighted by Crippen LogP contribution is 2.23. The van der Waals surface area contributed by atoms with E-state index in [1.165, 1.54) is 38.8 Å². The molecule has 26 heavy (non-hydrogen) atoms. The van der Waals surface area contributed by atoms with Gasteiger partial charge < -0.3 is 14.8 Å². The third-order valence-corrected chi connectivity index (χ3v) is 5.05. The Kier molecular flexibility index (Phi) is 7.05. The molecule has 2 aromatic rings. The van der Waals surface area contributed by atoms with Gasteiger partial charge in [-0.15, -0.1) is 0 Å². The first kappa shape index (κ1) is 18.9. The lowest BCUT2D eigenvalue weighted by Gasteiger charge is -2.22. The van der Waals surface area contributed by atoms with E-state index in [1.807, 2.05) is 4.57 Å². The summed E-state index contributed by atoms with van der Waals surface area (Å²) in [7, 11) is 1.65. The molecule has 1 aliphatic heterocycles. The molecule has 0 saturated carbocycles. The first-order valence-corrected chi connectivity index (χ1v) is 9.92. The SMILES string of the molecule is CCCCOc1ncc2nc(OC)n(CCCCC3CCNCC3)c2n1. The molecule has 0 aliphatic carbocycles. The Morgan fingerprint density at radius 1 is 1.19 bits per heavy atom. The zero-order valence-corrected chi connectivity index (χ0v) is 16.0. The Morgan fingerprint density at radius 2 is 2.04 bits per heavy atom.